The zero-order chi connectivity index (χ0) is 31.6. The molecule has 1 aliphatic heterocycles. The highest BCUT2D eigenvalue weighted by Crippen LogP contribution is 2.11. The van der Waals surface area contributed by atoms with Crippen LogP contribution in [0.2, 0.25) is 0 Å². The first-order valence-corrected chi connectivity index (χ1v) is 13.6. The second kappa shape index (κ2) is 25.0. The van der Waals surface area contributed by atoms with Gasteiger partial charge in [-0.2, -0.15) is 0 Å². The van der Waals surface area contributed by atoms with Gasteiger partial charge in [-0.15, -0.1) is 0 Å². The molecule has 1 fully saturated rings. The van der Waals surface area contributed by atoms with E-state index in [1.807, 2.05) is 38.1 Å². The van der Waals surface area contributed by atoms with E-state index < -0.39 is 5.91 Å². The Balaban J connectivity index is 0. The first-order chi connectivity index (χ1) is 19.7. The molecule has 3 rings (SSSR count). The SMILES string of the molecule is C=N/C(C(N)=O)=C(\C)NC.CC.CN.COc1ccc(C)cc1.O=Cc1ccc(NC(=O)CN2CCCCC2)cc1. The number of benzene rings is 2. The van der Waals surface area contributed by atoms with E-state index in [2.05, 4.69) is 39.9 Å². The van der Waals surface area contributed by atoms with E-state index in [9.17, 15) is 14.4 Å². The third-order valence-electron chi connectivity index (χ3n) is 5.52. The number of rotatable bonds is 8. The van der Waals surface area contributed by atoms with Gasteiger partial charge in [0.05, 0.1) is 13.7 Å². The molecule has 10 heteroatoms. The molecule has 1 heterocycles. The highest BCUT2D eigenvalue weighted by molar-refractivity contribution is 5.93. The molecule has 0 saturated carbocycles. The summed E-state index contributed by atoms with van der Waals surface area (Å²) in [5.41, 5.74) is 12.9. The number of aliphatic imine (C=N–C) groups is 1. The predicted molar refractivity (Wildman–Crippen MR) is 170 cm³/mol. The Morgan fingerprint density at radius 1 is 1.02 bits per heavy atom. The number of aryl methyl sites for hydroxylation is 1. The van der Waals surface area contributed by atoms with Crippen LogP contribution in [0.3, 0.4) is 0 Å². The molecule has 2 amide bonds. The number of nitrogens with zero attached hydrogens (tertiary/aromatic N) is 2. The Bertz CT molecular complexity index is 1030. The quantitative estimate of drug-likeness (QED) is 0.211. The smallest absolute Gasteiger partial charge is 0.269 e. The van der Waals surface area contributed by atoms with Crippen LogP contribution < -0.4 is 26.8 Å². The molecule has 0 spiro atoms. The van der Waals surface area contributed by atoms with Gasteiger partial charge in [-0.1, -0.05) is 38.0 Å². The van der Waals surface area contributed by atoms with Gasteiger partial charge in [0.25, 0.3) is 5.91 Å². The van der Waals surface area contributed by atoms with Gasteiger partial charge in [-0.3, -0.25) is 24.3 Å². The van der Waals surface area contributed by atoms with Crippen molar-refractivity contribution in [2.75, 3.05) is 46.2 Å². The van der Waals surface area contributed by atoms with Crippen molar-refractivity contribution in [2.45, 2.75) is 47.0 Å². The maximum absolute atomic E-state index is 11.8. The molecule has 2 aromatic rings. The topological polar surface area (TPSA) is 152 Å². The molecule has 0 radical (unpaired) electrons. The lowest BCUT2D eigenvalue weighted by molar-refractivity contribution is -0.117. The van der Waals surface area contributed by atoms with Gasteiger partial charge in [0.15, 0.2) is 0 Å². The number of likely N-dealkylation sites (tertiary alicyclic amines) is 1. The summed E-state index contributed by atoms with van der Waals surface area (Å²) in [4.78, 5) is 38.5. The van der Waals surface area contributed by atoms with E-state index in [-0.39, 0.29) is 11.6 Å². The normalized spacial score (nSPS) is 12.3. The van der Waals surface area contributed by atoms with Crippen molar-refractivity contribution in [3.8, 4) is 5.75 Å². The van der Waals surface area contributed by atoms with Crippen LogP contribution in [-0.4, -0.2) is 70.6 Å². The fourth-order valence-corrected chi connectivity index (χ4v) is 3.34. The lowest BCUT2D eigenvalue weighted by Crippen LogP contribution is -2.36. The first-order valence-electron chi connectivity index (χ1n) is 13.6. The highest BCUT2D eigenvalue weighted by atomic mass is 16.5. The van der Waals surface area contributed by atoms with Crippen molar-refractivity contribution in [1.29, 1.82) is 0 Å². The molecule has 6 N–H and O–H groups in total. The number of allylic oxidation sites excluding steroid dienone is 1. The van der Waals surface area contributed by atoms with Crippen molar-refractivity contribution in [3.63, 3.8) is 0 Å². The van der Waals surface area contributed by atoms with Gasteiger partial charge in [0.1, 0.15) is 17.7 Å². The van der Waals surface area contributed by atoms with Crippen molar-refractivity contribution in [3.05, 3.63) is 71.1 Å². The van der Waals surface area contributed by atoms with E-state index in [0.29, 0.717) is 17.8 Å². The van der Waals surface area contributed by atoms with E-state index in [1.54, 1.807) is 45.3 Å². The van der Waals surface area contributed by atoms with E-state index in [4.69, 9.17) is 10.5 Å². The molecule has 1 aliphatic rings. The van der Waals surface area contributed by atoms with Gasteiger partial charge < -0.3 is 26.8 Å². The molecule has 41 heavy (non-hydrogen) atoms. The molecule has 228 valence electrons. The number of anilines is 1. The second-order valence-electron chi connectivity index (χ2n) is 8.39. The van der Waals surface area contributed by atoms with Crippen LogP contribution >= 0.6 is 0 Å². The second-order valence-corrected chi connectivity index (χ2v) is 8.39. The number of nitrogens with two attached hydrogens (primary N) is 2. The van der Waals surface area contributed by atoms with E-state index in [1.165, 1.54) is 31.9 Å². The van der Waals surface area contributed by atoms with Gasteiger partial charge in [-0.05, 0) is 89.9 Å². The van der Waals surface area contributed by atoms with Gasteiger partial charge in [0, 0.05) is 24.0 Å². The summed E-state index contributed by atoms with van der Waals surface area (Å²) in [7, 11) is 4.86. The van der Waals surface area contributed by atoms with Crippen LogP contribution in [0.15, 0.2) is 64.9 Å². The fourth-order valence-electron chi connectivity index (χ4n) is 3.34. The fraction of sp³-hybridized carbons (Fsp3) is 0.419. The van der Waals surface area contributed by atoms with Crippen LogP contribution in [0, 0.1) is 6.92 Å². The summed E-state index contributed by atoms with van der Waals surface area (Å²) in [5, 5.41) is 5.59. The summed E-state index contributed by atoms with van der Waals surface area (Å²) in [6.45, 7) is 13.4. The Labute approximate surface area is 246 Å². The van der Waals surface area contributed by atoms with Crippen LogP contribution in [0.25, 0.3) is 0 Å². The van der Waals surface area contributed by atoms with Gasteiger partial charge in [0.2, 0.25) is 5.91 Å². The predicted octanol–water partition coefficient (Wildman–Crippen LogP) is 4.15. The van der Waals surface area contributed by atoms with Crippen LogP contribution in [0.5, 0.6) is 5.75 Å². The standard InChI is InChI=1S/C14H18N2O2.C8H10O.C6H11N3O.C2H6.CH5N/c17-11-12-4-6-13(7-5-12)15-14(18)10-16-8-2-1-3-9-16;1-7-3-5-8(9-2)6-4-7;1-4(8-2)5(9-3)6(7)10;2*1-2/h4-7,11H,1-3,8-10H2,(H,15,18);3-6H,1-2H3;8H,3H2,1-2H3,(H2,7,10);1-2H3;2H2,1H3/b;;5-4+;;. The number of carbonyl (C=O) groups is 3. The zero-order valence-electron chi connectivity index (χ0n) is 25.8. The third-order valence-corrected chi connectivity index (χ3v) is 5.52. The number of ether oxygens (including phenoxy) is 1. The number of amides is 2. The third kappa shape index (κ3) is 18.0. The van der Waals surface area contributed by atoms with Crippen LogP contribution in [0.4, 0.5) is 5.69 Å². The Morgan fingerprint density at radius 3 is 1.95 bits per heavy atom. The Hall–Kier alpha value is -4.02. The number of primary amides is 1. The van der Waals surface area contributed by atoms with Crippen LogP contribution in [0.1, 0.15) is 56.0 Å². The molecule has 0 unspecified atom stereocenters. The minimum absolute atomic E-state index is 0.00996. The molecular weight excluding hydrogens is 520 g/mol. The van der Waals surface area contributed by atoms with Crippen molar-refractivity contribution < 1.29 is 19.1 Å². The average molecular weight is 571 g/mol. The number of aldehydes is 1. The largest absolute Gasteiger partial charge is 0.497 e. The lowest BCUT2D eigenvalue weighted by Gasteiger charge is -2.25. The van der Waals surface area contributed by atoms with Crippen molar-refractivity contribution >= 4 is 30.5 Å². The Kier molecular flexibility index (Phi) is 23.8. The molecule has 0 aromatic heterocycles. The Morgan fingerprint density at radius 2 is 1.56 bits per heavy atom. The summed E-state index contributed by atoms with van der Waals surface area (Å²) in [5.74, 6) is 0.359. The molecular formula is C31H50N6O4. The number of methoxy groups -OCH3 is 1. The zero-order valence-corrected chi connectivity index (χ0v) is 25.8. The molecule has 0 atom stereocenters. The van der Waals surface area contributed by atoms with Crippen LogP contribution in [-0.2, 0) is 9.59 Å². The monoisotopic (exact) mass is 570 g/mol. The number of piperidine rings is 1. The summed E-state index contributed by atoms with van der Waals surface area (Å²) in [6, 6.07) is 14.9. The molecule has 0 aliphatic carbocycles. The maximum atomic E-state index is 11.8. The number of hydrogen-bond acceptors (Lipinski definition) is 8. The molecule has 0 bridgehead atoms. The maximum Gasteiger partial charge on any atom is 0.269 e. The number of hydrogen-bond donors (Lipinski definition) is 4. The van der Waals surface area contributed by atoms with Gasteiger partial charge >= 0.3 is 0 Å². The van der Waals surface area contributed by atoms with E-state index >= 15 is 0 Å². The van der Waals surface area contributed by atoms with Crippen molar-refractivity contribution in [1.82, 2.24) is 10.2 Å². The summed E-state index contributed by atoms with van der Waals surface area (Å²) in [6.07, 6.45) is 4.42. The first kappa shape index (κ1) is 39.1. The molecule has 2 aromatic carbocycles. The summed E-state index contributed by atoms with van der Waals surface area (Å²) < 4.78 is 4.97. The number of nitrogens with one attached hydrogen (secondary N) is 2. The number of carbonyl (C=O) groups excluding carboxylic acids is 3. The minimum atomic E-state index is -0.568. The van der Waals surface area contributed by atoms with Crippen molar-refractivity contribution in [2.24, 2.45) is 16.5 Å². The highest BCUT2D eigenvalue weighted by Gasteiger charge is 2.13. The molecule has 10 nitrogen and oxygen atoms in total. The molecule has 1 saturated heterocycles. The summed E-state index contributed by atoms with van der Waals surface area (Å²) >= 11 is 0. The van der Waals surface area contributed by atoms with E-state index in [0.717, 1.165) is 30.8 Å². The average Bonchev–Trinajstić information content (AvgIpc) is 3.01. The van der Waals surface area contributed by atoms with Gasteiger partial charge in [-0.25, -0.2) is 0 Å². The minimum Gasteiger partial charge on any atom is -0.497 e. The lowest BCUT2D eigenvalue weighted by atomic mass is 10.1.